The maximum absolute atomic E-state index is 12.0. The summed E-state index contributed by atoms with van der Waals surface area (Å²) in [6.45, 7) is 3.56. The highest BCUT2D eigenvalue weighted by Gasteiger charge is 2.33. The number of carbonyl (C=O) groups is 1. The number of carbonyl (C=O) groups excluding carboxylic acids is 1. The molecule has 0 heterocycles. The lowest BCUT2D eigenvalue weighted by molar-refractivity contribution is -0.139. The molecule has 2 nitrogen and oxygen atoms in total. The Balaban J connectivity index is 4.72. The molecule has 5 heteroatoms. The third-order valence-electron chi connectivity index (χ3n) is 1.57. The first-order valence-corrected chi connectivity index (χ1v) is 3.72. The van der Waals surface area contributed by atoms with Gasteiger partial charge in [-0.25, -0.2) is 4.79 Å². The van der Waals surface area contributed by atoms with E-state index < -0.39 is 23.3 Å². The molecule has 0 radical (unpaired) electrons. The molecule has 13 heavy (non-hydrogen) atoms. The van der Waals surface area contributed by atoms with E-state index in [4.69, 9.17) is 0 Å². The normalized spacial score (nSPS) is 13.7. The summed E-state index contributed by atoms with van der Waals surface area (Å²) in [4.78, 5) is 10.9. The topological polar surface area (TPSA) is 26.3 Å². The van der Waals surface area contributed by atoms with Crippen LogP contribution in [0.3, 0.4) is 0 Å². The van der Waals surface area contributed by atoms with Crippen molar-refractivity contribution in [2.24, 2.45) is 0 Å². The Morgan fingerprint density at radius 3 is 2.08 bits per heavy atom. The third kappa shape index (κ3) is 3.48. The van der Waals surface area contributed by atoms with Gasteiger partial charge in [0, 0.05) is 11.1 Å². The van der Waals surface area contributed by atoms with Gasteiger partial charge in [-0.1, -0.05) is 0 Å². The molecule has 0 unspecified atom stereocenters. The van der Waals surface area contributed by atoms with Crippen LogP contribution in [0, 0.1) is 0 Å². The van der Waals surface area contributed by atoms with E-state index in [1.807, 2.05) is 0 Å². The van der Waals surface area contributed by atoms with Gasteiger partial charge in [0.2, 0.25) is 0 Å². The van der Waals surface area contributed by atoms with Gasteiger partial charge >= 0.3 is 12.1 Å². The second-order valence-electron chi connectivity index (χ2n) is 2.47. The second-order valence-corrected chi connectivity index (χ2v) is 2.47. The lowest BCUT2D eigenvalue weighted by atomic mass is 10.1. The number of hydrogen-bond acceptors (Lipinski definition) is 2. The van der Waals surface area contributed by atoms with Crippen LogP contribution in [-0.4, -0.2) is 18.8 Å². The molecule has 0 aromatic rings. The summed E-state index contributed by atoms with van der Waals surface area (Å²) in [6.07, 6.45) is -4.46. The van der Waals surface area contributed by atoms with Gasteiger partial charge in [0.1, 0.15) is 0 Å². The SMILES string of the molecule is CCOC(=O)C(C)=C(C)C(F)(F)F. The van der Waals surface area contributed by atoms with Crippen LogP contribution in [0.2, 0.25) is 0 Å². The Bertz CT molecular complexity index is 228. The maximum atomic E-state index is 12.0. The maximum Gasteiger partial charge on any atom is 0.412 e. The quantitative estimate of drug-likeness (QED) is 0.501. The molecular formula is C8H11F3O2. The summed E-state index contributed by atoms with van der Waals surface area (Å²) in [5, 5.41) is 0. The molecule has 0 atom stereocenters. The number of allylic oxidation sites excluding steroid dienone is 1. The van der Waals surface area contributed by atoms with Crippen molar-refractivity contribution in [2.45, 2.75) is 26.9 Å². The molecular weight excluding hydrogens is 185 g/mol. The predicted molar refractivity (Wildman–Crippen MR) is 41.1 cm³/mol. The van der Waals surface area contributed by atoms with Crippen LogP contribution in [-0.2, 0) is 9.53 Å². The van der Waals surface area contributed by atoms with Gasteiger partial charge in [0.15, 0.2) is 0 Å². The molecule has 0 saturated heterocycles. The van der Waals surface area contributed by atoms with Gasteiger partial charge in [-0.05, 0) is 20.8 Å². The molecule has 0 aliphatic heterocycles. The van der Waals surface area contributed by atoms with Crippen molar-refractivity contribution in [3.8, 4) is 0 Å². The summed E-state index contributed by atoms with van der Waals surface area (Å²) in [7, 11) is 0. The zero-order valence-corrected chi connectivity index (χ0v) is 7.66. The van der Waals surface area contributed by atoms with E-state index in [0.29, 0.717) is 0 Å². The Kier molecular flexibility index (Phi) is 3.97. The minimum atomic E-state index is -4.46. The molecule has 0 amide bonds. The molecule has 76 valence electrons. The van der Waals surface area contributed by atoms with Crippen molar-refractivity contribution >= 4 is 5.97 Å². The van der Waals surface area contributed by atoms with Crippen LogP contribution in [0.5, 0.6) is 0 Å². The number of alkyl halides is 3. The highest BCUT2D eigenvalue weighted by Crippen LogP contribution is 2.27. The van der Waals surface area contributed by atoms with Crippen molar-refractivity contribution in [2.75, 3.05) is 6.61 Å². The number of hydrogen-bond donors (Lipinski definition) is 0. The van der Waals surface area contributed by atoms with E-state index in [-0.39, 0.29) is 6.61 Å². The van der Waals surface area contributed by atoms with E-state index in [1.165, 1.54) is 6.92 Å². The number of rotatable bonds is 2. The summed E-state index contributed by atoms with van der Waals surface area (Å²) >= 11 is 0. The summed E-state index contributed by atoms with van der Waals surface area (Å²) < 4.78 is 40.5. The van der Waals surface area contributed by atoms with Crippen molar-refractivity contribution in [1.82, 2.24) is 0 Å². The third-order valence-corrected chi connectivity index (χ3v) is 1.57. The standard InChI is InChI=1S/C8H11F3O2/c1-4-13-7(12)5(2)6(3)8(9,10)11/h4H2,1-3H3. The van der Waals surface area contributed by atoms with Crippen molar-refractivity contribution in [3.05, 3.63) is 11.1 Å². The lowest BCUT2D eigenvalue weighted by Crippen LogP contribution is -2.16. The van der Waals surface area contributed by atoms with E-state index in [2.05, 4.69) is 4.74 Å². The van der Waals surface area contributed by atoms with Crippen LogP contribution in [0.25, 0.3) is 0 Å². The smallest absolute Gasteiger partial charge is 0.412 e. The lowest BCUT2D eigenvalue weighted by Gasteiger charge is -2.10. The van der Waals surface area contributed by atoms with Crippen LogP contribution in [0.15, 0.2) is 11.1 Å². The van der Waals surface area contributed by atoms with Gasteiger partial charge in [0.05, 0.1) is 6.61 Å². The summed E-state index contributed by atoms with van der Waals surface area (Å²) in [5.41, 5.74) is -1.31. The molecule has 0 aromatic heterocycles. The molecule has 0 fully saturated rings. The average molecular weight is 196 g/mol. The predicted octanol–water partition coefficient (Wildman–Crippen LogP) is 2.45. The van der Waals surface area contributed by atoms with E-state index >= 15 is 0 Å². The zero-order chi connectivity index (χ0) is 10.6. The Labute approximate surface area is 74.4 Å². The van der Waals surface area contributed by atoms with Crippen LogP contribution < -0.4 is 0 Å². The molecule has 0 spiro atoms. The van der Waals surface area contributed by atoms with Crippen LogP contribution in [0.4, 0.5) is 13.2 Å². The Morgan fingerprint density at radius 2 is 1.77 bits per heavy atom. The first-order chi connectivity index (χ1) is 5.80. The van der Waals surface area contributed by atoms with Crippen molar-refractivity contribution in [3.63, 3.8) is 0 Å². The minimum absolute atomic E-state index is 0.0707. The molecule has 0 saturated carbocycles. The first-order valence-electron chi connectivity index (χ1n) is 3.72. The largest absolute Gasteiger partial charge is 0.463 e. The molecule has 0 aliphatic rings. The fourth-order valence-corrected chi connectivity index (χ4v) is 0.605. The molecule has 0 rings (SSSR count). The number of ether oxygens (including phenoxy) is 1. The fourth-order valence-electron chi connectivity index (χ4n) is 0.605. The minimum Gasteiger partial charge on any atom is -0.463 e. The molecule has 0 aromatic carbocycles. The summed E-state index contributed by atoms with van der Waals surface area (Å²) in [5.74, 6) is -0.919. The van der Waals surface area contributed by atoms with Gasteiger partial charge in [-0.3, -0.25) is 0 Å². The number of esters is 1. The fraction of sp³-hybridized carbons (Fsp3) is 0.625. The van der Waals surface area contributed by atoms with Crippen LogP contribution in [0.1, 0.15) is 20.8 Å². The average Bonchev–Trinajstić information content (AvgIpc) is 2.00. The van der Waals surface area contributed by atoms with Gasteiger partial charge in [-0.2, -0.15) is 13.2 Å². The van der Waals surface area contributed by atoms with E-state index in [0.717, 1.165) is 13.8 Å². The highest BCUT2D eigenvalue weighted by atomic mass is 19.4. The highest BCUT2D eigenvalue weighted by molar-refractivity contribution is 5.88. The van der Waals surface area contributed by atoms with Gasteiger partial charge < -0.3 is 4.74 Å². The number of halogens is 3. The molecule has 0 N–H and O–H groups in total. The van der Waals surface area contributed by atoms with E-state index in [1.54, 1.807) is 0 Å². The van der Waals surface area contributed by atoms with Gasteiger partial charge in [-0.15, -0.1) is 0 Å². The second kappa shape index (κ2) is 4.30. The summed E-state index contributed by atoms with van der Waals surface area (Å²) in [6, 6.07) is 0. The monoisotopic (exact) mass is 196 g/mol. The van der Waals surface area contributed by atoms with Gasteiger partial charge in [0.25, 0.3) is 0 Å². The Hall–Kier alpha value is -1.00. The van der Waals surface area contributed by atoms with Crippen molar-refractivity contribution in [1.29, 1.82) is 0 Å². The first kappa shape index (κ1) is 12.0. The van der Waals surface area contributed by atoms with E-state index in [9.17, 15) is 18.0 Å². The van der Waals surface area contributed by atoms with Crippen LogP contribution >= 0.6 is 0 Å². The molecule has 0 bridgehead atoms. The zero-order valence-electron chi connectivity index (χ0n) is 7.66. The van der Waals surface area contributed by atoms with Crippen molar-refractivity contribution < 1.29 is 22.7 Å². The Morgan fingerprint density at radius 1 is 1.31 bits per heavy atom. The molecule has 0 aliphatic carbocycles.